The van der Waals surface area contributed by atoms with E-state index in [0.29, 0.717) is 18.5 Å². The van der Waals surface area contributed by atoms with Crippen molar-refractivity contribution in [3.8, 4) is 0 Å². The average Bonchev–Trinajstić information content (AvgIpc) is 2.86. The highest BCUT2D eigenvalue weighted by atomic mass is 16.4. The van der Waals surface area contributed by atoms with Crippen molar-refractivity contribution in [1.29, 1.82) is 0 Å². The maximum Gasteiger partial charge on any atom is 0.315 e. The molecule has 0 amide bonds. The number of nitrogens with zero attached hydrogens (tertiary/aromatic N) is 2. The summed E-state index contributed by atoms with van der Waals surface area (Å²) in [4.78, 5) is 0. The molecule has 3 N–H and O–H groups in total. The second kappa shape index (κ2) is 5.64. The zero-order valence-corrected chi connectivity index (χ0v) is 10.7. The van der Waals surface area contributed by atoms with Gasteiger partial charge >= 0.3 is 6.01 Å². The monoisotopic (exact) mass is 246 g/mol. The Hall–Kier alpha value is -1.88. The summed E-state index contributed by atoms with van der Waals surface area (Å²) in [6.45, 7) is 4.60. The van der Waals surface area contributed by atoms with E-state index in [0.717, 1.165) is 6.42 Å². The van der Waals surface area contributed by atoms with Crippen LogP contribution in [0.15, 0.2) is 28.7 Å². The van der Waals surface area contributed by atoms with Crippen molar-refractivity contribution in [3.05, 3.63) is 41.3 Å². The molecule has 1 aromatic heterocycles. The van der Waals surface area contributed by atoms with E-state index in [2.05, 4.69) is 46.7 Å². The highest BCUT2D eigenvalue weighted by Crippen LogP contribution is 2.12. The van der Waals surface area contributed by atoms with E-state index in [-0.39, 0.29) is 6.04 Å². The van der Waals surface area contributed by atoms with E-state index in [1.807, 2.05) is 0 Å². The first-order chi connectivity index (χ1) is 8.69. The molecule has 96 valence electrons. The predicted octanol–water partition coefficient (Wildman–Crippen LogP) is 2.26. The van der Waals surface area contributed by atoms with Crippen LogP contribution in [0.25, 0.3) is 0 Å². The first-order valence-corrected chi connectivity index (χ1v) is 6.09. The summed E-state index contributed by atoms with van der Waals surface area (Å²) in [7, 11) is 0. The van der Waals surface area contributed by atoms with Crippen molar-refractivity contribution >= 4 is 6.01 Å². The lowest BCUT2D eigenvalue weighted by atomic mass is 10.1. The van der Waals surface area contributed by atoms with E-state index < -0.39 is 0 Å². The maximum atomic E-state index is 5.64. The molecule has 0 fully saturated rings. The quantitative estimate of drug-likeness (QED) is 0.846. The lowest BCUT2D eigenvalue weighted by molar-refractivity contribution is 0.472. The number of nitrogens with two attached hydrogens (primary N) is 1. The summed E-state index contributed by atoms with van der Waals surface area (Å²) >= 11 is 0. The molecule has 2 rings (SSSR count). The van der Waals surface area contributed by atoms with Gasteiger partial charge in [0, 0.05) is 6.54 Å². The van der Waals surface area contributed by atoms with Gasteiger partial charge in [-0.15, -0.1) is 5.10 Å². The Bertz CT molecular complexity index is 490. The molecule has 0 spiro atoms. The summed E-state index contributed by atoms with van der Waals surface area (Å²) in [5.41, 5.74) is 8.15. The predicted molar refractivity (Wildman–Crippen MR) is 70.0 cm³/mol. The minimum atomic E-state index is -0.239. The van der Waals surface area contributed by atoms with E-state index >= 15 is 0 Å². The number of hydrogen-bond donors (Lipinski definition) is 2. The van der Waals surface area contributed by atoms with Crippen molar-refractivity contribution in [2.45, 2.75) is 32.9 Å². The summed E-state index contributed by atoms with van der Waals surface area (Å²) in [6.07, 6.45) is 1.05. The Morgan fingerprint density at radius 3 is 2.44 bits per heavy atom. The maximum absolute atomic E-state index is 5.64. The summed E-state index contributed by atoms with van der Waals surface area (Å²) in [5, 5.41) is 10.8. The number of rotatable bonds is 5. The van der Waals surface area contributed by atoms with Crippen molar-refractivity contribution in [1.82, 2.24) is 10.2 Å². The molecule has 18 heavy (non-hydrogen) atoms. The zero-order chi connectivity index (χ0) is 13.0. The van der Waals surface area contributed by atoms with Gasteiger partial charge in [0.2, 0.25) is 5.89 Å². The molecule has 5 nitrogen and oxygen atoms in total. The lowest BCUT2D eigenvalue weighted by Crippen LogP contribution is -2.04. The van der Waals surface area contributed by atoms with Crippen LogP contribution in [0.1, 0.15) is 36.9 Å². The Morgan fingerprint density at radius 2 is 1.89 bits per heavy atom. The minimum absolute atomic E-state index is 0.239. The number of aryl methyl sites for hydroxylation is 1. The second-order valence-corrected chi connectivity index (χ2v) is 4.26. The molecule has 0 aliphatic heterocycles. The van der Waals surface area contributed by atoms with Gasteiger partial charge in [-0.1, -0.05) is 36.3 Å². The average molecular weight is 246 g/mol. The van der Waals surface area contributed by atoms with Crippen molar-refractivity contribution < 1.29 is 4.42 Å². The topological polar surface area (TPSA) is 77.0 Å². The molecule has 0 radical (unpaired) electrons. The largest absolute Gasteiger partial charge is 0.406 e. The first kappa shape index (κ1) is 12.6. The number of benzene rings is 1. The Balaban J connectivity index is 1.93. The molecule has 0 saturated carbocycles. The molecule has 0 aliphatic carbocycles. The highest BCUT2D eigenvalue weighted by Gasteiger charge is 2.09. The SMILES string of the molecule is CCc1ccc(CNc2nnc(C(C)N)o2)cc1. The fraction of sp³-hybridized carbons (Fsp3) is 0.385. The normalized spacial score (nSPS) is 12.4. The molecule has 1 aromatic carbocycles. The van der Waals surface area contributed by atoms with Crippen LogP contribution >= 0.6 is 0 Å². The van der Waals surface area contributed by atoms with Gasteiger partial charge in [0.05, 0.1) is 6.04 Å². The van der Waals surface area contributed by atoms with Crippen LogP contribution in [-0.4, -0.2) is 10.2 Å². The molecule has 5 heteroatoms. The van der Waals surface area contributed by atoms with Crippen molar-refractivity contribution in [2.24, 2.45) is 5.73 Å². The van der Waals surface area contributed by atoms with Crippen molar-refractivity contribution in [3.63, 3.8) is 0 Å². The van der Waals surface area contributed by atoms with E-state index in [9.17, 15) is 0 Å². The number of aromatic nitrogens is 2. The third-order valence-electron chi connectivity index (χ3n) is 2.71. The summed E-state index contributed by atoms with van der Waals surface area (Å²) < 4.78 is 5.35. The number of hydrogen-bond acceptors (Lipinski definition) is 5. The van der Waals surface area contributed by atoms with Crippen LogP contribution in [0.4, 0.5) is 6.01 Å². The third kappa shape index (κ3) is 3.07. The Kier molecular flexibility index (Phi) is 3.94. The van der Waals surface area contributed by atoms with Crippen molar-refractivity contribution in [2.75, 3.05) is 5.32 Å². The van der Waals surface area contributed by atoms with Crippen LogP contribution in [0.5, 0.6) is 0 Å². The van der Waals surface area contributed by atoms with E-state index in [1.165, 1.54) is 11.1 Å². The highest BCUT2D eigenvalue weighted by molar-refractivity contribution is 5.27. The van der Waals surface area contributed by atoms with Gasteiger partial charge in [-0.05, 0) is 24.5 Å². The Morgan fingerprint density at radius 1 is 1.22 bits per heavy atom. The van der Waals surface area contributed by atoms with Crippen LogP contribution in [0.2, 0.25) is 0 Å². The van der Waals surface area contributed by atoms with Gasteiger partial charge in [0.15, 0.2) is 0 Å². The standard InChI is InChI=1S/C13H18N4O/c1-3-10-4-6-11(7-5-10)8-15-13-17-16-12(18-13)9(2)14/h4-7,9H,3,8,14H2,1-2H3,(H,15,17). The molecule has 1 heterocycles. The van der Waals surface area contributed by atoms with Crippen LogP contribution < -0.4 is 11.1 Å². The van der Waals surface area contributed by atoms with E-state index in [1.54, 1.807) is 6.92 Å². The van der Waals surface area contributed by atoms with Gasteiger partial charge in [0.25, 0.3) is 0 Å². The minimum Gasteiger partial charge on any atom is -0.406 e. The van der Waals surface area contributed by atoms with Gasteiger partial charge in [0.1, 0.15) is 0 Å². The number of nitrogens with one attached hydrogen (secondary N) is 1. The smallest absolute Gasteiger partial charge is 0.315 e. The van der Waals surface area contributed by atoms with E-state index in [4.69, 9.17) is 10.2 Å². The molecule has 1 atom stereocenters. The molecule has 0 saturated heterocycles. The molecule has 0 aliphatic rings. The Labute approximate surface area is 106 Å². The zero-order valence-electron chi connectivity index (χ0n) is 10.7. The summed E-state index contributed by atoms with van der Waals surface area (Å²) in [5.74, 6) is 0.443. The second-order valence-electron chi connectivity index (χ2n) is 4.26. The van der Waals surface area contributed by atoms with Gasteiger partial charge in [-0.3, -0.25) is 0 Å². The first-order valence-electron chi connectivity index (χ1n) is 6.09. The van der Waals surface area contributed by atoms with Gasteiger partial charge in [-0.2, -0.15) is 0 Å². The fourth-order valence-electron chi connectivity index (χ4n) is 1.56. The fourth-order valence-corrected chi connectivity index (χ4v) is 1.56. The molecule has 2 aromatic rings. The molecule has 0 bridgehead atoms. The third-order valence-corrected chi connectivity index (χ3v) is 2.71. The summed E-state index contributed by atoms with van der Waals surface area (Å²) in [6, 6.07) is 8.60. The lowest BCUT2D eigenvalue weighted by Gasteiger charge is -2.03. The molecular formula is C13H18N4O. The number of anilines is 1. The molecular weight excluding hydrogens is 228 g/mol. The van der Waals surface area contributed by atoms with Crippen LogP contribution in [-0.2, 0) is 13.0 Å². The molecule has 1 unspecified atom stereocenters. The van der Waals surface area contributed by atoms with Crippen LogP contribution in [0.3, 0.4) is 0 Å². The van der Waals surface area contributed by atoms with Crippen LogP contribution in [0, 0.1) is 0 Å². The van der Waals surface area contributed by atoms with Gasteiger partial charge < -0.3 is 15.5 Å². The van der Waals surface area contributed by atoms with Gasteiger partial charge in [-0.25, -0.2) is 0 Å².